The minimum Gasteiger partial charge on any atom is -0.394 e. The smallest absolute Gasteiger partial charge is 0.220 e. The van der Waals surface area contributed by atoms with Crippen LogP contribution in [0.5, 0.6) is 0 Å². The predicted octanol–water partition coefficient (Wildman–Crippen LogP) is 11.2. The van der Waals surface area contributed by atoms with Crippen LogP contribution in [0, 0.1) is 0 Å². The predicted molar refractivity (Wildman–Crippen MR) is 309 cm³/mol. The molecule has 0 aromatic carbocycles. The summed E-state index contributed by atoms with van der Waals surface area (Å²) in [6.07, 6.45) is 44.5. The summed E-state index contributed by atoms with van der Waals surface area (Å²) in [5.74, 6) is -0.248. The summed E-state index contributed by atoms with van der Waals surface area (Å²) in [6.45, 7) is 2.77. The van der Waals surface area contributed by atoms with Crippen molar-refractivity contribution in [2.45, 2.75) is 325 Å². The third kappa shape index (κ3) is 34.1. The number of hydrogen-bond donors (Lipinski definition) is 9. The molecule has 2 aliphatic rings. The average Bonchev–Trinajstić information content (AvgIpc) is 3.43. The molecule has 0 bridgehead atoms. The molecule has 12 atom stereocenters. The fraction of sp³-hybridized carbons (Fsp3) is 0.857. The normalized spacial score (nSPS) is 25.0. The molecule has 2 rings (SSSR count). The number of aliphatic hydroxyl groups is 8. The van der Waals surface area contributed by atoms with Crippen LogP contribution < -0.4 is 5.32 Å². The molecule has 0 aromatic heterocycles. The molecule has 12 unspecified atom stereocenters. The standard InChI is InChI=1S/C63H115NO13/c1-3-5-7-9-11-13-15-17-19-20-21-22-23-24-25-26-27-28-29-30-31-32-33-35-37-39-41-43-45-47-55(68)64-51(52(67)46-44-42-40-38-36-34-18-16-14-12-10-8-6-4-2)50-74-62-60(73)58(71)61(54(49-66)76-62)77-63-59(72)57(70)56(69)53(48-65)75-63/h15,17,20-21,36,38,44,46,51-54,56-63,65-67,69-73H,3-14,16,18-19,22-35,37,39-43,45,47-50H2,1-2H3,(H,64,68)/b17-15-,21-20-,38-36+,46-44+. The fourth-order valence-corrected chi connectivity index (χ4v) is 10.2. The second kappa shape index (κ2) is 48.6. The Kier molecular flexibility index (Phi) is 44.9. The zero-order valence-electron chi connectivity index (χ0n) is 48.5. The molecule has 14 heteroatoms. The molecule has 14 nitrogen and oxygen atoms in total. The first-order valence-electron chi connectivity index (χ1n) is 31.4. The Morgan fingerprint density at radius 2 is 0.870 bits per heavy atom. The molecule has 2 fully saturated rings. The summed E-state index contributed by atoms with van der Waals surface area (Å²) in [6, 6.07) is -0.931. The van der Waals surface area contributed by atoms with Crippen LogP contribution in [0.2, 0.25) is 0 Å². The number of nitrogens with one attached hydrogen (secondary N) is 1. The maximum absolute atomic E-state index is 13.3. The van der Waals surface area contributed by atoms with E-state index in [-0.39, 0.29) is 18.9 Å². The highest BCUT2D eigenvalue weighted by molar-refractivity contribution is 5.76. The molecule has 2 saturated heterocycles. The second-order valence-corrected chi connectivity index (χ2v) is 22.2. The molecule has 0 radical (unpaired) electrons. The van der Waals surface area contributed by atoms with E-state index < -0.39 is 86.8 Å². The average molecular weight is 1090 g/mol. The van der Waals surface area contributed by atoms with E-state index in [2.05, 4.69) is 55.6 Å². The van der Waals surface area contributed by atoms with Crippen molar-refractivity contribution < 1.29 is 64.6 Å². The van der Waals surface area contributed by atoms with Crippen LogP contribution in [0.4, 0.5) is 0 Å². The second-order valence-electron chi connectivity index (χ2n) is 22.2. The van der Waals surface area contributed by atoms with Crippen molar-refractivity contribution in [1.29, 1.82) is 0 Å². The van der Waals surface area contributed by atoms with E-state index in [0.29, 0.717) is 12.8 Å². The molecule has 1 amide bonds. The lowest BCUT2D eigenvalue weighted by Gasteiger charge is -2.46. The molecule has 77 heavy (non-hydrogen) atoms. The SMILES string of the molecule is CCCCCCC/C=C\C/C=C\CCCCCCCCCCCCCCCCCCCC(=O)NC(COC1OC(CO)C(OC2OC(CO)C(O)C(O)C2O)C(O)C1O)C(O)/C=C/CC/C=C/CCCCCCCCCC. The number of allylic oxidation sites excluding steroid dienone is 7. The minimum absolute atomic E-state index is 0.248. The molecule has 2 heterocycles. The van der Waals surface area contributed by atoms with Gasteiger partial charge in [-0.05, 0) is 64.2 Å². The van der Waals surface area contributed by atoms with Crippen LogP contribution in [0.25, 0.3) is 0 Å². The fourth-order valence-electron chi connectivity index (χ4n) is 10.2. The Hall–Kier alpha value is -2.05. The Labute approximate surface area is 467 Å². The van der Waals surface area contributed by atoms with Gasteiger partial charge in [-0.3, -0.25) is 4.79 Å². The number of hydrogen-bond acceptors (Lipinski definition) is 13. The molecule has 2 aliphatic heterocycles. The van der Waals surface area contributed by atoms with Crippen molar-refractivity contribution in [3.8, 4) is 0 Å². The summed E-state index contributed by atoms with van der Waals surface area (Å²) < 4.78 is 22.8. The lowest BCUT2D eigenvalue weighted by atomic mass is 9.97. The van der Waals surface area contributed by atoms with Gasteiger partial charge in [0.2, 0.25) is 5.91 Å². The van der Waals surface area contributed by atoms with Gasteiger partial charge >= 0.3 is 0 Å². The van der Waals surface area contributed by atoms with Crippen molar-refractivity contribution in [3.05, 3.63) is 48.6 Å². The van der Waals surface area contributed by atoms with Crippen LogP contribution in [-0.4, -0.2) is 140 Å². The Morgan fingerprint density at radius 3 is 1.35 bits per heavy atom. The summed E-state index contributed by atoms with van der Waals surface area (Å²) >= 11 is 0. The summed E-state index contributed by atoms with van der Waals surface area (Å²) in [5.41, 5.74) is 0. The van der Waals surface area contributed by atoms with Gasteiger partial charge in [-0.25, -0.2) is 0 Å². The Balaban J connectivity index is 1.68. The Morgan fingerprint density at radius 1 is 0.468 bits per heavy atom. The number of carbonyl (C=O) groups is 1. The van der Waals surface area contributed by atoms with E-state index in [9.17, 15) is 45.6 Å². The van der Waals surface area contributed by atoms with Gasteiger partial charge in [0.1, 0.15) is 48.8 Å². The van der Waals surface area contributed by atoms with Gasteiger partial charge in [0, 0.05) is 6.42 Å². The molecule has 0 spiro atoms. The topological polar surface area (TPSA) is 228 Å². The van der Waals surface area contributed by atoms with Crippen molar-refractivity contribution >= 4 is 5.91 Å². The van der Waals surface area contributed by atoms with Crippen LogP contribution >= 0.6 is 0 Å². The molecule has 0 aromatic rings. The van der Waals surface area contributed by atoms with Crippen molar-refractivity contribution in [2.24, 2.45) is 0 Å². The summed E-state index contributed by atoms with van der Waals surface area (Å²) in [4.78, 5) is 13.3. The van der Waals surface area contributed by atoms with Crippen LogP contribution in [-0.2, 0) is 23.7 Å². The highest BCUT2D eigenvalue weighted by Crippen LogP contribution is 2.30. The number of aliphatic hydroxyl groups excluding tert-OH is 8. The van der Waals surface area contributed by atoms with Gasteiger partial charge < -0.3 is 65.1 Å². The number of amides is 1. The van der Waals surface area contributed by atoms with Gasteiger partial charge in [-0.15, -0.1) is 0 Å². The van der Waals surface area contributed by atoms with E-state index in [4.69, 9.17) is 18.9 Å². The highest BCUT2D eigenvalue weighted by Gasteiger charge is 2.51. The van der Waals surface area contributed by atoms with E-state index in [1.165, 1.54) is 180 Å². The molecular formula is C63H115NO13. The van der Waals surface area contributed by atoms with Crippen LogP contribution in [0.1, 0.15) is 251 Å². The van der Waals surface area contributed by atoms with Crippen molar-refractivity contribution in [3.63, 3.8) is 0 Å². The molecule has 450 valence electrons. The first-order valence-corrected chi connectivity index (χ1v) is 31.4. The van der Waals surface area contributed by atoms with Gasteiger partial charge in [0.05, 0.1) is 32.0 Å². The van der Waals surface area contributed by atoms with Crippen molar-refractivity contribution in [2.75, 3.05) is 19.8 Å². The maximum atomic E-state index is 13.3. The number of ether oxygens (including phenoxy) is 4. The monoisotopic (exact) mass is 1090 g/mol. The largest absolute Gasteiger partial charge is 0.394 e. The number of carbonyl (C=O) groups excluding carboxylic acids is 1. The number of rotatable bonds is 50. The van der Waals surface area contributed by atoms with Gasteiger partial charge in [-0.1, -0.05) is 229 Å². The van der Waals surface area contributed by atoms with Gasteiger partial charge in [0.15, 0.2) is 12.6 Å². The zero-order valence-corrected chi connectivity index (χ0v) is 48.5. The van der Waals surface area contributed by atoms with Gasteiger partial charge in [-0.2, -0.15) is 0 Å². The van der Waals surface area contributed by atoms with Gasteiger partial charge in [0.25, 0.3) is 0 Å². The summed E-state index contributed by atoms with van der Waals surface area (Å²) in [7, 11) is 0. The van der Waals surface area contributed by atoms with Crippen LogP contribution in [0.3, 0.4) is 0 Å². The minimum atomic E-state index is -1.79. The quantitative estimate of drug-likeness (QED) is 0.0204. The lowest BCUT2D eigenvalue weighted by Crippen LogP contribution is -2.65. The first-order chi connectivity index (χ1) is 37.6. The lowest BCUT2D eigenvalue weighted by molar-refractivity contribution is -0.359. The maximum Gasteiger partial charge on any atom is 0.220 e. The number of unbranched alkanes of at least 4 members (excludes halogenated alkanes) is 31. The zero-order chi connectivity index (χ0) is 56.0. The first kappa shape index (κ1) is 71.1. The molecule has 9 N–H and O–H groups in total. The Bertz CT molecular complexity index is 1480. The third-order valence-corrected chi connectivity index (χ3v) is 15.2. The highest BCUT2D eigenvalue weighted by atomic mass is 16.7. The van der Waals surface area contributed by atoms with E-state index in [0.717, 1.165) is 38.5 Å². The van der Waals surface area contributed by atoms with Crippen molar-refractivity contribution in [1.82, 2.24) is 5.32 Å². The van der Waals surface area contributed by atoms with Crippen LogP contribution in [0.15, 0.2) is 48.6 Å². The van der Waals surface area contributed by atoms with E-state index in [1.807, 2.05) is 6.08 Å². The molecular weight excluding hydrogens is 979 g/mol. The van der Waals surface area contributed by atoms with E-state index >= 15 is 0 Å². The summed E-state index contributed by atoms with van der Waals surface area (Å²) in [5, 5.41) is 87.0. The molecule has 0 aliphatic carbocycles. The van der Waals surface area contributed by atoms with E-state index in [1.54, 1.807) is 6.08 Å². The third-order valence-electron chi connectivity index (χ3n) is 15.2. The molecule has 0 saturated carbocycles.